The number of alkyl halides is 3. The van der Waals surface area contributed by atoms with E-state index in [0.29, 0.717) is 5.69 Å². The van der Waals surface area contributed by atoms with Gasteiger partial charge in [0.25, 0.3) is 0 Å². The van der Waals surface area contributed by atoms with Crippen LogP contribution in [-0.4, -0.2) is 25.2 Å². The lowest BCUT2D eigenvalue weighted by Crippen LogP contribution is -2.37. The van der Waals surface area contributed by atoms with E-state index in [4.69, 9.17) is 10.5 Å². The maximum atomic E-state index is 11.9. The predicted molar refractivity (Wildman–Crippen MR) is 63.4 cm³/mol. The van der Waals surface area contributed by atoms with E-state index in [0.717, 1.165) is 0 Å². The lowest BCUT2D eigenvalue weighted by molar-refractivity contribution is -0.137. The van der Waals surface area contributed by atoms with Gasteiger partial charge in [0.2, 0.25) is 5.91 Å². The van der Waals surface area contributed by atoms with E-state index < -0.39 is 18.6 Å². The second-order valence-electron chi connectivity index (χ2n) is 3.73. The first-order chi connectivity index (χ1) is 9.35. The number of halogens is 3. The van der Waals surface area contributed by atoms with Gasteiger partial charge in [-0.1, -0.05) is 0 Å². The first-order valence-electron chi connectivity index (χ1n) is 5.37. The Morgan fingerprint density at radius 3 is 2.40 bits per heavy atom. The number of rotatable bonds is 4. The highest BCUT2D eigenvalue weighted by Gasteiger charge is 2.27. The van der Waals surface area contributed by atoms with E-state index in [2.05, 4.69) is 5.32 Å². The van der Waals surface area contributed by atoms with Gasteiger partial charge in [-0.05, 0) is 18.2 Å². The van der Waals surface area contributed by atoms with Crippen molar-refractivity contribution in [3.63, 3.8) is 0 Å². The van der Waals surface area contributed by atoms with Crippen molar-refractivity contribution in [3.8, 4) is 12.1 Å². The number of carbonyl (C=O) groups excluding carboxylic acids is 1. The zero-order valence-corrected chi connectivity index (χ0v) is 10.1. The van der Waals surface area contributed by atoms with Gasteiger partial charge in [-0.2, -0.15) is 23.7 Å². The molecule has 20 heavy (non-hydrogen) atoms. The topological polar surface area (TPSA) is 88.7 Å². The van der Waals surface area contributed by atoms with Crippen LogP contribution in [0.2, 0.25) is 0 Å². The number of anilines is 1. The van der Waals surface area contributed by atoms with Crippen LogP contribution in [0.15, 0.2) is 18.2 Å². The smallest absolute Gasteiger partial charge is 0.376 e. The average molecular weight is 282 g/mol. The minimum atomic E-state index is -4.46. The minimum Gasteiger partial charge on any atom is -0.376 e. The molecule has 0 unspecified atom stereocenters. The fourth-order valence-electron chi connectivity index (χ4n) is 1.29. The van der Waals surface area contributed by atoms with Crippen molar-refractivity contribution >= 4 is 11.6 Å². The molecule has 5 nitrogen and oxygen atoms in total. The molecule has 1 amide bonds. The Kier molecular flexibility index (Phi) is 4.93. The van der Waals surface area contributed by atoms with Crippen molar-refractivity contribution < 1.29 is 18.0 Å². The van der Waals surface area contributed by atoms with Crippen LogP contribution in [0.1, 0.15) is 11.1 Å². The van der Waals surface area contributed by atoms with Gasteiger partial charge < -0.3 is 10.6 Å². The van der Waals surface area contributed by atoms with Gasteiger partial charge in [-0.15, -0.1) is 0 Å². The van der Waals surface area contributed by atoms with Crippen LogP contribution in [0.25, 0.3) is 0 Å². The van der Waals surface area contributed by atoms with E-state index in [1.807, 2.05) is 12.1 Å². The van der Waals surface area contributed by atoms with Crippen LogP contribution in [-0.2, 0) is 4.79 Å². The Balaban J connectivity index is 2.57. The summed E-state index contributed by atoms with van der Waals surface area (Å²) in [5, 5.41) is 21.8. The van der Waals surface area contributed by atoms with Gasteiger partial charge >= 0.3 is 6.18 Å². The molecule has 0 bridgehead atoms. The number of nitrogens with zero attached hydrogens (tertiary/aromatic N) is 2. The number of benzene rings is 1. The number of hydrogen-bond acceptors (Lipinski definition) is 4. The van der Waals surface area contributed by atoms with Crippen molar-refractivity contribution in [2.24, 2.45) is 0 Å². The molecule has 1 aromatic carbocycles. The van der Waals surface area contributed by atoms with Crippen molar-refractivity contribution in [3.05, 3.63) is 29.3 Å². The van der Waals surface area contributed by atoms with Gasteiger partial charge in [-0.25, -0.2) is 0 Å². The van der Waals surface area contributed by atoms with Gasteiger partial charge in [0.05, 0.1) is 17.7 Å². The monoisotopic (exact) mass is 282 g/mol. The van der Waals surface area contributed by atoms with E-state index in [1.54, 1.807) is 5.32 Å². The van der Waals surface area contributed by atoms with Gasteiger partial charge in [-0.3, -0.25) is 4.79 Å². The second kappa shape index (κ2) is 6.43. The molecule has 0 saturated heterocycles. The highest BCUT2D eigenvalue weighted by molar-refractivity contribution is 5.80. The van der Waals surface area contributed by atoms with Crippen molar-refractivity contribution in [2.75, 3.05) is 18.4 Å². The summed E-state index contributed by atoms with van der Waals surface area (Å²) in [4.78, 5) is 11.1. The lowest BCUT2D eigenvalue weighted by atomic mass is 10.1. The van der Waals surface area contributed by atoms with E-state index in [-0.39, 0.29) is 17.7 Å². The molecule has 0 aliphatic heterocycles. The molecule has 104 valence electrons. The molecule has 0 spiro atoms. The Hall–Kier alpha value is -2.74. The molecule has 1 rings (SSSR count). The van der Waals surface area contributed by atoms with Crippen LogP contribution < -0.4 is 10.6 Å². The standard InChI is InChI=1S/C12H9F3N4O/c13-12(14,15)7-19-11(20)6-18-10-2-1-8(4-16)9(3-10)5-17/h1-3,18H,6-7H2,(H,19,20). The fraction of sp³-hybridized carbons (Fsp3) is 0.250. The van der Waals surface area contributed by atoms with E-state index in [9.17, 15) is 18.0 Å². The molecule has 0 atom stereocenters. The van der Waals surface area contributed by atoms with Crippen molar-refractivity contribution in [1.29, 1.82) is 10.5 Å². The summed E-state index contributed by atoms with van der Waals surface area (Å²) in [7, 11) is 0. The molecule has 0 aliphatic rings. The molecule has 0 aliphatic carbocycles. The molecular formula is C12H9F3N4O. The van der Waals surface area contributed by atoms with Crippen LogP contribution in [0.3, 0.4) is 0 Å². The zero-order valence-electron chi connectivity index (χ0n) is 10.1. The first kappa shape index (κ1) is 15.3. The summed E-state index contributed by atoms with van der Waals surface area (Å²) < 4.78 is 35.6. The third kappa shape index (κ3) is 4.86. The maximum Gasteiger partial charge on any atom is 0.405 e. The Bertz CT molecular complexity index is 584. The van der Waals surface area contributed by atoms with Crippen LogP contribution in [0.4, 0.5) is 18.9 Å². The van der Waals surface area contributed by atoms with Gasteiger partial charge in [0.1, 0.15) is 18.7 Å². The summed E-state index contributed by atoms with van der Waals surface area (Å²) in [6, 6.07) is 7.81. The van der Waals surface area contributed by atoms with Crippen LogP contribution in [0.5, 0.6) is 0 Å². The zero-order chi connectivity index (χ0) is 15.2. The molecule has 0 radical (unpaired) electrons. The minimum absolute atomic E-state index is 0.119. The Labute approximate surface area is 112 Å². The highest BCUT2D eigenvalue weighted by Crippen LogP contribution is 2.14. The number of amides is 1. The van der Waals surface area contributed by atoms with Crippen molar-refractivity contribution in [1.82, 2.24) is 5.32 Å². The molecule has 0 fully saturated rings. The quantitative estimate of drug-likeness (QED) is 0.876. The normalized spacial score (nSPS) is 10.2. The third-order valence-corrected chi connectivity index (χ3v) is 2.20. The molecule has 1 aromatic rings. The first-order valence-corrected chi connectivity index (χ1v) is 5.37. The lowest BCUT2D eigenvalue weighted by Gasteiger charge is -2.10. The molecule has 0 aromatic heterocycles. The SMILES string of the molecule is N#Cc1ccc(NCC(=O)NCC(F)(F)F)cc1C#N. The van der Waals surface area contributed by atoms with E-state index >= 15 is 0 Å². The number of nitriles is 2. The fourth-order valence-corrected chi connectivity index (χ4v) is 1.29. The molecule has 8 heteroatoms. The van der Waals surface area contributed by atoms with E-state index in [1.165, 1.54) is 18.2 Å². The Morgan fingerprint density at radius 2 is 1.85 bits per heavy atom. The maximum absolute atomic E-state index is 11.9. The van der Waals surface area contributed by atoms with Gasteiger partial charge in [0, 0.05) is 5.69 Å². The molecule has 0 heterocycles. The average Bonchev–Trinajstić information content (AvgIpc) is 2.41. The van der Waals surface area contributed by atoms with Gasteiger partial charge in [0.15, 0.2) is 0 Å². The van der Waals surface area contributed by atoms with Crippen LogP contribution >= 0.6 is 0 Å². The molecule has 0 saturated carbocycles. The summed E-state index contributed by atoms with van der Waals surface area (Å²) in [5.74, 6) is -0.829. The number of carbonyl (C=O) groups is 1. The summed E-state index contributed by atoms with van der Waals surface area (Å²) >= 11 is 0. The predicted octanol–water partition coefficient (Wildman–Crippen LogP) is 1.52. The highest BCUT2D eigenvalue weighted by atomic mass is 19.4. The summed E-state index contributed by atoms with van der Waals surface area (Å²) in [6.07, 6.45) is -4.46. The molecular weight excluding hydrogens is 273 g/mol. The summed E-state index contributed by atoms with van der Waals surface area (Å²) in [6.45, 7) is -1.77. The largest absolute Gasteiger partial charge is 0.405 e. The molecule has 2 N–H and O–H groups in total. The number of nitrogens with one attached hydrogen (secondary N) is 2. The Morgan fingerprint density at radius 1 is 1.20 bits per heavy atom. The summed E-state index contributed by atoms with van der Waals surface area (Å²) in [5.41, 5.74) is 0.662. The second-order valence-corrected chi connectivity index (χ2v) is 3.73. The number of hydrogen-bond donors (Lipinski definition) is 2. The third-order valence-electron chi connectivity index (χ3n) is 2.20. The van der Waals surface area contributed by atoms with Crippen LogP contribution in [0, 0.1) is 22.7 Å². The van der Waals surface area contributed by atoms with Crippen molar-refractivity contribution in [2.45, 2.75) is 6.18 Å².